The number of rotatable bonds is 4. The van der Waals surface area contributed by atoms with Crippen LogP contribution in [0.2, 0.25) is 0 Å². The lowest BCUT2D eigenvalue weighted by atomic mass is 9.81. The summed E-state index contributed by atoms with van der Waals surface area (Å²) in [6.07, 6.45) is 9.85. The van der Waals surface area contributed by atoms with Gasteiger partial charge in [0, 0.05) is 5.56 Å². The van der Waals surface area contributed by atoms with Crippen LogP contribution in [0.4, 0.5) is 9.18 Å². The van der Waals surface area contributed by atoms with Gasteiger partial charge in [0.1, 0.15) is 18.2 Å². The van der Waals surface area contributed by atoms with Crippen LogP contribution in [0.3, 0.4) is 0 Å². The number of cyclic esters (lactones) is 1. The lowest BCUT2D eigenvalue weighted by Crippen LogP contribution is -2.40. The third-order valence-corrected chi connectivity index (χ3v) is 7.17. The average Bonchev–Trinajstić information content (AvgIpc) is 3.37. The van der Waals surface area contributed by atoms with E-state index in [1.54, 1.807) is 19.2 Å². The van der Waals surface area contributed by atoms with E-state index in [9.17, 15) is 9.18 Å². The van der Waals surface area contributed by atoms with Crippen LogP contribution in [0.15, 0.2) is 42.5 Å². The van der Waals surface area contributed by atoms with E-state index in [1.807, 2.05) is 6.08 Å². The molecule has 2 fully saturated rings. The van der Waals surface area contributed by atoms with Gasteiger partial charge < -0.3 is 14.8 Å². The van der Waals surface area contributed by atoms with Gasteiger partial charge in [0.25, 0.3) is 0 Å². The first-order valence-corrected chi connectivity index (χ1v) is 11.1. The smallest absolute Gasteiger partial charge is 0.407 e. The van der Waals surface area contributed by atoms with Crippen molar-refractivity contribution in [2.45, 2.75) is 50.0 Å². The van der Waals surface area contributed by atoms with Crippen LogP contribution in [0.5, 0.6) is 5.75 Å². The fraction of sp³-hybridized carbons (Fsp3) is 0.423. The van der Waals surface area contributed by atoms with E-state index in [2.05, 4.69) is 29.6 Å². The molecule has 5 rings (SSSR count). The van der Waals surface area contributed by atoms with Gasteiger partial charge in [0.15, 0.2) is 0 Å². The molecule has 1 N–H and O–H groups in total. The largest absolute Gasteiger partial charge is 0.497 e. The zero-order valence-corrected chi connectivity index (χ0v) is 17.8. The average molecular weight is 422 g/mol. The van der Waals surface area contributed by atoms with Crippen LogP contribution >= 0.6 is 0 Å². The SMILES string of the molecule is COc1ccc(F)c(C=C[C@@H]2CCc3cc([C@H]4CC[C@]5(COC(=O)N5)C4)ccc3C2)c1. The summed E-state index contributed by atoms with van der Waals surface area (Å²) in [5.74, 6) is 1.32. The van der Waals surface area contributed by atoms with Crippen molar-refractivity contribution in [1.29, 1.82) is 0 Å². The standard InChI is InChI=1S/C26H28FNO3/c1-30-23-8-9-24(27)21(14-23)5-3-17-2-4-19-13-20(7-6-18(19)12-17)22-10-11-26(15-22)16-31-25(29)28-26/h3,5-9,13-14,17,22H,2,4,10-12,15-16H2,1H3,(H,28,29)/t17-,22-,26+/m0/s1. The van der Waals surface area contributed by atoms with E-state index in [-0.39, 0.29) is 17.4 Å². The molecule has 5 heteroatoms. The molecule has 0 aromatic heterocycles. The van der Waals surface area contributed by atoms with Crippen LogP contribution in [-0.4, -0.2) is 25.3 Å². The van der Waals surface area contributed by atoms with Crippen LogP contribution in [0, 0.1) is 11.7 Å². The quantitative estimate of drug-likeness (QED) is 0.719. The number of carbonyl (C=O) groups excluding carboxylic acids is 1. The number of methoxy groups -OCH3 is 1. The molecule has 162 valence electrons. The molecule has 2 aromatic rings. The Hall–Kier alpha value is -2.82. The highest BCUT2D eigenvalue weighted by molar-refractivity contribution is 5.71. The Balaban J connectivity index is 1.26. The molecule has 1 aliphatic heterocycles. The number of hydrogen-bond donors (Lipinski definition) is 1. The Kier molecular flexibility index (Phi) is 5.20. The molecule has 31 heavy (non-hydrogen) atoms. The van der Waals surface area contributed by atoms with Gasteiger partial charge in [-0.05, 0) is 85.3 Å². The molecule has 1 heterocycles. The third-order valence-electron chi connectivity index (χ3n) is 7.17. The monoisotopic (exact) mass is 421 g/mol. The summed E-state index contributed by atoms with van der Waals surface area (Å²) >= 11 is 0. The third kappa shape index (κ3) is 4.06. The normalized spacial score (nSPS) is 27.4. The number of carbonyl (C=O) groups is 1. The van der Waals surface area contributed by atoms with Gasteiger partial charge in [-0.3, -0.25) is 0 Å². The van der Waals surface area contributed by atoms with Crippen molar-refractivity contribution >= 4 is 12.2 Å². The lowest BCUT2D eigenvalue weighted by molar-refractivity contribution is 0.172. The number of amides is 1. The summed E-state index contributed by atoms with van der Waals surface area (Å²) in [6.45, 7) is 0.495. The molecule has 1 amide bonds. The number of allylic oxidation sites excluding steroid dienone is 1. The number of hydrogen-bond acceptors (Lipinski definition) is 3. The van der Waals surface area contributed by atoms with Crippen molar-refractivity contribution < 1.29 is 18.7 Å². The van der Waals surface area contributed by atoms with E-state index in [0.29, 0.717) is 29.8 Å². The maximum Gasteiger partial charge on any atom is 0.407 e. The van der Waals surface area contributed by atoms with Crippen LogP contribution in [0.25, 0.3) is 6.08 Å². The Bertz CT molecular complexity index is 1030. The minimum atomic E-state index is -0.279. The zero-order valence-electron chi connectivity index (χ0n) is 17.8. The molecular weight excluding hydrogens is 393 g/mol. The lowest BCUT2D eigenvalue weighted by Gasteiger charge is -2.24. The first-order chi connectivity index (χ1) is 15.0. The van der Waals surface area contributed by atoms with Crippen LogP contribution < -0.4 is 10.1 Å². The van der Waals surface area contributed by atoms with Gasteiger partial charge >= 0.3 is 6.09 Å². The summed E-state index contributed by atoms with van der Waals surface area (Å²) in [4.78, 5) is 11.5. The Morgan fingerprint density at radius 2 is 2.10 bits per heavy atom. The molecule has 2 aliphatic carbocycles. The Morgan fingerprint density at radius 3 is 2.90 bits per heavy atom. The van der Waals surface area contributed by atoms with Gasteiger partial charge in [0.05, 0.1) is 12.6 Å². The number of benzene rings is 2. The molecule has 0 unspecified atom stereocenters. The topological polar surface area (TPSA) is 47.6 Å². The fourth-order valence-corrected chi connectivity index (χ4v) is 5.39. The first-order valence-electron chi connectivity index (χ1n) is 11.1. The molecule has 3 atom stereocenters. The molecule has 1 saturated heterocycles. The number of ether oxygens (including phenoxy) is 2. The molecule has 1 saturated carbocycles. The number of halogens is 1. The molecular formula is C26H28FNO3. The number of alkyl carbamates (subject to hydrolysis) is 1. The molecule has 0 bridgehead atoms. The van der Waals surface area contributed by atoms with Crippen molar-refractivity contribution in [2.75, 3.05) is 13.7 Å². The van der Waals surface area contributed by atoms with Crippen LogP contribution in [-0.2, 0) is 17.6 Å². The Morgan fingerprint density at radius 1 is 1.19 bits per heavy atom. The number of nitrogens with one attached hydrogen (secondary N) is 1. The van der Waals surface area contributed by atoms with Crippen molar-refractivity contribution in [1.82, 2.24) is 5.32 Å². The first kappa shape index (κ1) is 20.1. The van der Waals surface area contributed by atoms with Crippen molar-refractivity contribution in [2.24, 2.45) is 5.92 Å². The highest BCUT2D eigenvalue weighted by atomic mass is 19.1. The second-order valence-corrected chi connectivity index (χ2v) is 9.20. The Labute approximate surface area is 182 Å². The molecule has 4 nitrogen and oxygen atoms in total. The van der Waals surface area contributed by atoms with Crippen molar-refractivity contribution in [3.8, 4) is 5.75 Å². The highest BCUT2D eigenvalue weighted by Gasteiger charge is 2.46. The summed E-state index contributed by atoms with van der Waals surface area (Å²) in [5.41, 5.74) is 4.61. The second kappa shape index (κ2) is 8.03. The predicted octanol–water partition coefficient (Wildman–Crippen LogP) is 5.40. The number of fused-ring (bicyclic) bond motifs is 1. The summed E-state index contributed by atoms with van der Waals surface area (Å²) in [5, 5.41) is 3.03. The summed E-state index contributed by atoms with van der Waals surface area (Å²) < 4.78 is 24.5. The number of aryl methyl sites for hydroxylation is 1. The van der Waals surface area contributed by atoms with Gasteiger partial charge in [-0.1, -0.05) is 30.4 Å². The minimum absolute atomic E-state index is 0.164. The predicted molar refractivity (Wildman–Crippen MR) is 118 cm³/mol. The summed E-state index contributed by atoms with van der Waals surface area (Å²) in [6, 6.07) is 11.7. The minimum Gasteiger partial charge on any atom is -0.497 e. The zero-order chi connectivity index (χ0) is 21.4. The van der Waals surface area contributed by atoms with E-state index in [0.717, 1.165) is 38.5 Å². The van der Waals surface area contributed by atoms with E-state index in [1.165, 1.54) is 22.8 Å². The molecule has 3 aliphatic rings. The van der Waals surface area contributed by atoms with E-state index < -0.39 is 0 Å². The van der Waals surface area contributed by atoms with Crippen molar-refractivity contribution in [3.05, 3.63) is 70.5 Å². The second-order valence-electron chi connectivity index (χ2n) is 9.20. The maximum absolute atomic E-state index is 14.1. The molecule has 2 aromatic carbocycles. The molecule has 1 spiro atoms. The van der Waals surface area contributed by atoms with Crippen LogP contribution in [0.1, 0.15) is 53.9 Å². The van der Waals surface area contributed by atoms with Gasteiger partial charge in [-0.2, -0.15) is 0 Å². The maximum atomic E-state index is 14.1. The van der Waals surface area contributed by atoms with E-state index >= 15 is 0 Å². The van der Waals surface area contributed by atoms with Gasteiger partial charge in [-0.15, -0.1) is 0 Å². The highest BCUT2D eigenvalue weighted by Crippen LogP contribution is 2.43. The fourth-order valence-electron chi connectivity index (χ4n) is 5.39. The summed E-state index contributed by atoms with van der Waals surface area (Å²) in [7, 11) is 1.59. The van der Waals surface area contributed by atoms with E-state index in [4.69, 9.17) is 9.47 Å². The van der Waals surface area contributed by atoms with Gasteiger partial charge in [0.2, 0.25) is 0 Å². The molecule has 0 radical (unpaired) electrons. The van der Waals surface area contributed by atoms with Gasteiger partial charge in [-0.25, -0.2) is 9.18 Å². The van der Waals surface area contributed by atoms with Crippen molar-refractivity contribution in [3.63, 3.8) is 0 Å².